The first kappa shape index (κ1) is 16.0. The Hall–Kier alpha value is -0.880. The Labute approximate surface area is 143 Å². The Morgan fingerprint density at radius 3 is 2.55 bits per heavy atom. The number of hydrogen-bond donors (Lipinski definition) is 0. The highest BCUT2D eigenvalue weighted by atomic mass is 79.9. The SMILES string of the molecule is O=C(CSCc1cc2c(cc1Br)OCCO2)N1CCCCC1. The minimum Gasteiger partial charge on any atom is -0.486 e. The van der Waals surface area contributed by atoms with Gasteiger partial charge >= 0.3 is 0 Å². The zero-order valence-corrected chi connectivity index (χ0v) is 14.9. The molecule has 1 fully saturated rings. The summed E-state index contributed by atoms with van der Waals surface area (Å²) in [6.07, 6.45) is 3.54. The van der Waals surface area contributed by atoms with Crippen molar-refractivity contribution in [1.82, 2.24) is 4.90 Å². The van der Waals surface area contributed by atoms with Crippen molar-refractivity contribution in [3.8, 4) is 11.5 Å². The van der Waals surface area contributed by atoms with Gasteiger partial charge in [-0.2, -0.15) is 0 Å². The second-order valence-electron chi connectivity index (χ2n) is 5.52. The van der Waals surface area contributed by atoms with Gasteiger partial charge in [-0.3, -0.25) is 4.79 Å². The second kappa shape index (κ2) is 7.59. The first-order valence-electron chi connectivity index (χ1n) is 7.67. The Balaban J connectivity index is 1.54. The highest BCUT2D eigenvalue weighted by molar-refractivity contribution is 9.10. The van der Waals surface area contributed by atoms with Crippen LogP contribution in [0.15, 0.2) is 16.6 Å². The summed E-state index contributed by atoms with van der Waals surface area (Å²) >= 11 is 5.23. The molecule has 6 heteroatoms. The van der Waals surface area contributed by atoms with Gasteiger partial charge in [0.25, 0.3) is 0 Å². The van der Waals surface area contributed by atoms with Crippen molar-refractivity contribution in [2.24, 2.45) is 0 Å². The van der Waals surface area contributed by atoms with Gasteiger partial charge in [-0.15, -0.1) is 11.8 Å². The van der Waals surface area contributed by atoms with Crippen LogP contribution in [-0.2, 0) is 10.5 Å². The lowest BCUT2D eigenvalue weighted by molar-refractivity contribution is -0.129. The van der Waals surface area contributed by atoms with Crippen LogP contribution in [0.3, 0.4) is 0 Å². The van der Waals surface area contributed by atoms with Gasteiger partial charge in [-0.25, -0.2) is 0 Å². The fraction of sp³-hybridized carbons (Fsp3) is 0.562. The van der Waals surface area contributed by atoms with Crippen LogP contribution in [0, 0.1) is 0 Å². The molecule has 0 aromatic heterocycles. The average Bonchev–Trinajstić information content (AvgIpc) is 2.56. The average molecular weight is 386 g/mol. The molecule has 0 unspecified atom stereocenters. The second-order valence-corrected chi connectivity index (χ2v) is 7.36. The molecule has 0 aliphatic carbocycles. The van der Waals surface area contributed by atoms with E-state index in [1.807, 2.05) is 17.0 Å². The quantitative estimate of drug-likeness (QED) is 0.795. The lowest BCUT2D eigenvalue weighted by Gasteiger charge is -2.26. The summed E-state index contributed by atoms with van der Waals surface area (Å²) in [4.78, 5) is 14.1. The van der Waals surface area contributed by atoms with Gasteiger partial charge in [0, 0.05) is 23.3 Å². The summed E-state index contributed by atoms with van der Waals surface area (Å²) in [6.45, 7) is 3.03. The van der Waals surface area contributed by atoms with Gasteiger partial charge in [-0.1, -0.05) is 15.9 Å². The van der Waals surface area contributed by atoms with Crippen molar-refractivity contribution < 1.29 is 14.3 Å². The van der Waals surface area contributed by atoms with E-state index in [1.165, 1.54) is 6.42 Å². The highest BCUT2D eigenvalue weighted by Gasteiger charge is 2.18. The normalized spacial score (nSPS) is 17.4. The lowest BCUT2D eigenvalue weighted by Crippen LogP contribution is -2.36. The Bertz CT molecular complexity index is 546. The lowest BCUT2D eigenvalue weighted by atomic mass is 10.1. The molecule has 2 heterocycles. The summed E-state index contributed by atoms with van der Waals surface area (Å²) in [5, 5.41) is 0. The summed E-state index contributed by atoms with van der Waals surface area (Å²) in [6, 6.07) is 3.97. The Morgan fingerprint density at radius 2 is 1.82 bits per heavy atom. The molecule has 0 radical (unpaired) electrons. The summed E-state index contributed by atoms with van der Waals surface area (Å²) in [5.41, 5.74) is 1.14. The van der Waals surface area contributed by atoms with E-state index in [1.54, 1.807) is 11.8 Å². The number of carbonyl (C=O) groups excluding carboxylic acids is 1. The zero-order chi connectivity index (χ0) is 15.4. The minimum atomic E-state index is 0.262. The number of hydrogen-bond acceptors (Lipinski definition) is 4. The predicted molar refractivity (Wildman–Crippen MR) is 91.7 cm³/mol. The maximum absolute atomic E-state index is 12.2. The monoisotopic (exact) mass is 385 g/mol. The number of halogens is 1. The molecule has 3 rings (SSSR count). The number of amides is 1. The first-order chi connectivity index (χ1) is 10.7. The maximum atomic E-state index is 12.2. The van der Waals surface area contributed by atoms with E-state index in [0.717, 1.165) is 53.2 Å². The van der Waals surface area contributed by atoms with Gasteiger partial charge in [0.05, 0.1) is 5.75 Å². The molecule has 1 aromatic carbocycles. The molecule has 1 aromatic rings. The van der Waals surface area contributed by atoms with Crippen LogP contribution in [0.4, 0.5) is 0 Å². The number of piperidine rings is 1. The number of ether oxygens (including phenoxy) is 2. The number of rotatable bonds is 4. The first-order valence-corrected chi connectivity index (χ1v) is 9.62. The number of carbonyl (C=O) groups is 1. The van der Waals surface area contributed by atoms with E-state index < -0.39 is 0 Å². The summed E-state index contributed by atoms with van der Waals surface area (Å²) in [5.74, 6) is 3.18. The largest absolute Gasteiger partial charge is 0.486 e. The molecule has 0 N–H and O–H groups in total. The summed E-state index contributed by atoms with van der Waals surface area (Å²) in [7, 11) is 0. The van der Waals surface area contributed by atoms with Crippen molar-refractivity contribution in [3.05, 3.63) is 22.2 Å². The van der Waals surface area contributed by atoms with Crippen molar-refractivity contribution in [2.75, 3.05) is 32.1 Å². The fourth-order valence-corrected chi connectivity index (χ4v) is 4.27. The highest BCUT2D eigenvalue weighted by Crippen LogP contribution is 2.36. The third-order valence-corrected chi connectivity index (χ3v) is 5.61. The standard InChI is InChI=1S/C16H20BrNO3S/c17-13-9-15-14(20-6-7-21-15)8-12(13)10-22-11-16(19)18-4-2-1-3-5-18/h8-9H,1-7,10-11H2. The van der Waals surface area contributed by atoms with Gasteiger partial charge in [0.1, 0.15) is 13.2 Å². The Kier molecular flexibility index (Phi) is 5.52. The van der Waals surface area contributed by atoms with Crippen LogP contribution in [0.2, 0.25) is 0 Å². The molecule has 0 spiro atoms. The molecular formula is C16H20BrNO3S. The number of likely N-dealkylation sites (tertiary alicyclic amines) is 1. The molecule has 2 aliphatic heterocycles. The van der Waals surface area contributed by atoms with Crippen molar-refractivity contribution in [2.45, 2.75) is 25.0 Å². The van der Waals surface area contributed by atoms with Crippen molar-refractivity contribution in [1.29, 1.82) is 0 Å². The van der Waals surface area contributed by atoms with E-state index in [0.29, 0.717) is 19.0 Å². The molecule has 2 aliphatic rings. The topological polar surface area (TPSA) is 38.8 Å². The van der Waals surface area contributed by atoms with Crippen LogP contribution >= 0.6 is 27.7 Å². The number of fused-ring (bicyclic) bond motifs is 1. The van der Waals surface area contributed by atoms with Crippen LogP contribution < -0.4 is 9.47 Å². The molecule has 0 bridgehead atoms. The smallest absolute Gasteiger partial charge is 0.232 e. The molecule has 0 saturated carbocycles. The van der Waals surface area contributed by atoms with E-state index >= 15 is 0 Å². The van der Waals surface area contributed by atoms with Gasteiger partial charge in [0.15, 0.2) is 11.5 Å². The molecule has 120 valence electrons. The molecule has 0 atom stereocenters. The van der Waals surface area contributed by atoms with Crippen molar-refractivity contribution in [3.63, 3.8) is 0 Å². The summed E-state index contributed by atoms with van der Waals surface area (Å²) < 4.78 is 12.2. The van der Waals surface area contributed by atoms with E-state index in [-0.39, 0.29) is 5.91 Å². The third-order valence-electron chi connectivity index (χ3n) is 3.90. The van der Waals surface area contributed by atoms with Gasteiger partial charge in [0.2, 0.25) is 5.91 Å². The Morgan fingerprint density at radius 1 is 1.14 bits per heavy atom. The maximum Gasteiger partial charge on any atom is 0.232 e. The van der Waals surface area contributed by atoms with Gasteiger partial charge in [-0.05, 0) is 37.0 Å². The molecule has 1 saturated heterocycles. The molecule has 1 amide bonds. The number of benzene rings is 1. The number of thioether (sulfide) groups is 1. The molecule has 22 heavy (non-hydrogen) atoms. The van der Waals surface area contributed by atoms with E-state index in [9.17, 15) is 4.79 Å². The van der Waals surface area contributed by atoms with Crippen LogP contribution in [0.1, 0.15) is 24.8 Å². The van der Waals surface area contributed by atoms with Crippen LogP contribution in [0.25, 0.3) is 0 Å². The zero-order valence-electron chi connectivity index (χ0n) is 12.5. The van der Waals surface area contributed by atoms with E-state index in [4.69, 9.17) is 9.47 Å². The third kappa shape index (κ3) is 3.90. The number of nitrogens with zero attached hydrogens (tertiary/aromatic N) is 1. The van der Waals surface area contributed by atoms with Crippen LogP contribution in [0.5, 0.6) is 11.5 Å². The fourth-order valence-electron chi connectivity index (χ4n) is 2.70. The predicted octanol–water partition coefficient (Wildman–Crippen LogP) is 3.47. The van der Waals surface area contributed by atoms with Crippen molar-refractivity contribution >= 4 is 33.6 Å². The molecule has 4 nitrogen and oxygen atoms in total. The van der Waals surface area contributed by atoms with Crippen LogP contribution in [-0.4, -0.2) is 42.9 Å². The van der Waals surface area contributed by atoms with Gasteiger partial charge < -0.3 is 14.4 Å². The minimum absolute atomic E-state index is 0.262. The van der Waals surface area contributed by atoms with E-state index in [2.05, 4.69) is 15.9 Å². The molecular weight excluding hydrogens is 366 g/mol.